The molecule has 19 heavy (non-hydrogen) atoms. The molecule has 0 atom stereocenters. The van der Waals surface area contributed by atoms with Crippen molar-refractivity contribution in [1.29, 1.82) is 0 Å². The first-order valence-electron chi connectivity index (χ1n) is 5.04. The maximum Gasteiger partial charge on any atom is 0.406 e. The molecular weight excluding hydrogens is 267 g/mol. The largest absolute Gasteiger partial charge is 0.475 e. The molecule has 0 saturated heterocycles. The number of nitrogens with zero attached hydrogens (tertiary/aromatic N) is 1. The van der Waals surface area contributed by atoms with Crippen molar-refractivity contribution >= 4 is 11.9 Å². The van der Waals surface area contributed by atoms with Crippen LogP contribution in [0.5, 0.6) is 0 Å². The van der Waals surface area contributed by atoms with Crippen LogP contribution in [0, 0.1) is 0 Å². The molecule has 0 aliphatic heterocycles. The zero-order valence-electron chi connectivity index (χ0n) is 9.61. The molecule has 0 unspecified atom stereocenters. The maximum absolute atomic E-state index is 12.3. The van der Waals surface area contributed by atoms with Crippen LogP contribution >= 0.6 is 0 Å². The minimum absolute atomic E-state index is 0.332. The summed E-state index contributed by atoms with van der Waals surface area (Å²) in [5, 5.41) is 8.59. The molecule has 104 valence electrons. The van der Waals surface area contributed by atoms with E-state index in [1.807, 2.05) is 0 Å². The number of furan rings is 1. The Labute approximate surface area is 105 Å². The van der Waals surface area contributed by atoms with Crippen LogP contribution in [0.4, 0.5) is 13.2 Å². The number of carboxylic acids is 1. The highest BCUT2D eigenvalue weighted by Crippen LogP contribution is 2.19. The summed E-state index contributed by atoms with van der Waals surface area (Å²) >= 11 is 0. The Hall–Kier alpha value is -2.25. The van der Waals surface area contributed by atoms with E-state index in [2.05, 4.69) is 11.0 Å². The van der Waals surface area contributed by atoms with Gasteiger partial charge in [0.2, 0.25) is 5.76 Å². The van der Waals surface area contributed by atoms with Gasteiger partial charge in [-0.25, -0.2) is 4.79 Å². The highest BCUT2D eigenvalue weighted by atomic mass is 19.4. The molecule has 0 spiro atoms. The fourth-order valence-electron chi connectivity index (χ4n) is 1.32. The predicted molar refractivity (Wildman–Crippen MR) is 57.8 cm³/mol. The molecule has 0 radical (unpaired) electrons. The van der Waals surface area contributed by atoms with E-state index in [0.29, 0.717) is 4.90 Å². The van der Waals surface area contributed by atoms with E-state index in [0.717, 1.165) is 18.2 Å². The summed E-state index contributed by atoms with van der Waals surface area (Å²) in [6.07, 6.45) is -3.44. The number of aromatic carboxylic acids is 1. The normalized spacial score (nSPS) is 11.1. The first-order chi connectivity index (χ1) is 8.74. The van der Waals surface area contributed by atoms with Crippen molar-refractivity contribution in [2.24, 2.45) is 0 Å². The van der Waals surface area contributed by atoms with Crippen molar-refractivity contribution in [2.75, 3.05) is 13.1 Å². The van der Waals surface area contributed by atoms with Crippen LogP contribution in [0.25, 0.3) is 0 Å². The quantitative estimate of drug-likeness (QED) is 0.837. The third kappa shape index (κ3) is 4.16. The van der Waals surface area contributed by atoms with Gasteiger partial charge >= 0.3 is 12.1 Å². The molecule has 0 aromatic carbocycles. The molecule has 1 aromatic heterocycles. The average molecular weight is 277 g/mol. The lowest BCUT2D eigenvalue weighted by Crippen LogP contribution is -2.38. The van der Waals surface area contributed by atoms with E-state index < -0.39 is 36.1 Å². The first kappa shape index (κ1) is 14.8. The van der Waals surface area contributed by atoms with Gasteiger partial charge in [0.1, 0.15) is 6.54 Å². The van der Waals surface area contributed by atoms with E-state index in [4.69, 9.17) is 5.11 Å². The summed E-state index contributed by atoms with van der Waals surface area (Å²) < 4.78 is 41.5. The Morgan fingerprint density at radius 3 is 2.37 bits per heavy atom. The monoisotopic (exact) mass is 277 g/mol. The molecule has 0 fully saturated rings. The highest BCUT2D eigenvalue weighted by molar-refractivity contribution is 5.93. The maximum atomic E-state index is 12.3. The SMILES string of the molecule is C=CCN(CC(F)(F)F)C(=O)c1ccc(C(=O)O)o1. The third-order valence-electron chi connectivity index (χ3n) is 2.03. The Kier molecular flexibility index (Phi) is 4.36. The van der Waals surface area contributed by atoms with Crippen LogP contribution in [0.3, 0.4) is 0 Å². The number of carbonyl (C=O) groups is 2. The van der Waals surface area contributed by atoms with Gasteiger partial charge in [0.15, 0.2) is 5.76 Å². The number of halogens is 3. The van der Waals surface area contributed by atoms with Crippen molar-refractivity contribution in [3.8, 4) is 0 Å². The summed E-state index contributed by atoms with van der Waals surface area (Å²) in [5.41, 5.74) is 0. The minimum Gasteiger partial charge on any atom is -0.475 e. The van der Waals surface area contributed by atoms with Gasteiger partial charge in [-0.05, 0) is 12.1 Å². The van der Waals surface area contributed by atoms with E-state index in [9.17, 15) is 22.8 Å². The van der Waals surface area contributed by atoms with Crippen LogP contribution in [0.2, 0.25) is 0 Å². The molecule has 5 nitrogen and oxygen atoms in total. The van der Waals surface area contributed by atoms with Crippen molar-refractivity contribution in [1.82, 2.24) is 4.90 Å². The lowest BCUT2D eigenvalue weighted by atomic mass is 10.3. The molecule has 0 aliphatic rings. The molecule has 1 rings (SSSR count). The Bertz CT molecular complexity index is 492. The van der Waals surface area contributed by atoms with E-state index in [-0.39, 0.29) is 6.54 Å². The van der Waals surface area contributed by atoms with Gasteiger partial charge in [-0.2, -0.15) is 13.2 Å². The second-order valence-corrected chi connectivity index (χ2v) is 3.56. The number of carboxylic acid groups (broad SMARTS) is 1. The fraction of sp³-hybridized carbons (Fsp3) is 0.273. The smallest absolute Gasteiger partial charge is 0.406 e. The minimum atomic E-state index is -4.57. The number of amides is 1. The lowest BCUT2D eigenvalue weighted by molar-refractivity contribution is -0.139. The second kappa shape index (κ2) is 5.59. The molecule has 0 aliphatic carbocycles. The summed E-state index contributed by atoms with van der Waals surface area (Å²) in [6, 6.07) is 2.01. The van der Waals surface area contributed by atoms with Crippen LogP contribution in [0.1, 0.15) is 21.1 Å². The first-order valence-corrected chi connectivity index (χ1v) is 5.04. The zero-order chi connectivity index (χ0) is 14.6. The summed E-state index contributed by atoms with van der Waals surface area (Å²) in [4.78, 5) is 22.7. The van der Waals surface area contributed by atoms with Gasteiger partial charge in [-0.1, -0.05) is 6.08 Å². The van der Waals surface area contributed by atoms with Gasteiger partial charge < -0.3 is 14.4 Å². The predicted octanol–water partition coefficient (Wildman–Crippen LogP) is 2.17. The van der Waals surface area contributed by atoms with Crippen LogP contribution in [-0.2, 0) is 0 Å². The molecule has 8 heteroatoms. The molecule has 0 bridgehead atoms. The van der Waals surface area contributed by atoms with Gasteiger partial charge in [0.05, 0.1) is 0 Å². The summed E-state index contributed by atoms with van der Waals surface area (Å²) in [7, 11) is 0. The lowest BCUT2D eigenvalue weighted by Gasteiger charge is -2.21. The average Bonchev–Trinajstić information content (AvgIpc) is 2.75. The fourth-order valence-corrected chi connectivity index (χ4v) is 1.32. The van der Waals surface area contributed by atoms with Gasteiger partial charge in [0.25, 0.3) is 5.91 Å². The number of carbonyl (C=O) groups excluding carboxylic acids is 1. The number of hydrogen-bond donors (Lipinski definition) is 1. The third-order valence-corrected chi connectivity index (χ3v) is 2.03. The number of hydrogen-bond acceptors (Lipinski definition) is 3. The summed E-state index contributed by atoms with van der Waals surface area (Å²) in [6.45, 7) is 1.45. The Morgan fingerprint density at radius 2 is 1.95 bits per heavy atom. The van der Waals surface area contributed by atoms with Crippen molar-refractivity contribution in [3.63, 3.8) is 0 Å². The molecule has 1 N–H and O–H groups in total. The zero-order valence-corrected chi connectivity index (χ0v) is 9.61. The Balaban J connectivity index is 2.92. The van der Waals surface area contributed by atoms with Gasteiger partial charge in [0, 0.05) is 6.54 Å². The van der Waals surface area contributed by atoms with Crippen molar-refractivity contribution in [2.45, 2.75) is 6.18 Å². The highest BCUT2D eigenvalue weighted by Gasteiger charge is 2.33. The molecule has 0 saturated carbocycles. The molecular formula is C11H10F3NO4. The molecule has 1 heterocycles. The topological polar surface area (TPSA) is 70.8 Å². The van der Waals surface area contributed by atoms with Crippen LogP contribution in [-0.4, -0.2) is 41.1 Å². The molecule has 1 aromatic rings. The standard InChI is InChI=1S/C11H10F3NO4/c1-2-5-15(6-11(12,13)14)9(16)7-3-4-8(19-7)10(17)18/h2-4H,1,5-6H2,(H,17,18). The van der Waals surface area contributed by atoms with E-state index in [1.54, 1.807) is 0 Å². The van der Waals surface area contributed by atoms with Crippen LogP contribution in [0.15, 0.2) is 29.2 Å². The van der Waals surface area contributed by atoms with Crippen molar-refractivity contribution < 1.29 is 32.3 Å². The Morgan fingerprint density at radius 1 is 1.37 bits per heavy atom. The number of rotatable bonds is 5. The summed E-state index contributed by atoms with van der Waals surface area (Å²) in [5.74, 6) is -3.45. The molecule has 1 amide bonds. The van der Waals surface area contributed by atoms with E-state index in [1.165, 1.54) is 0 Å². The second-order valence-electron chi connectivity index (χ2n) is 3.56. The van der Waals surface area contributed by atoms with Crippen molar-refractivity contribution in [3.05, 3.63) is 36.3 Å². The van der Waals surface area contributed by atoms with Gasteiger partial charge in [-0.15, -0.1) is 6.58 Å². The van der Waals surface area contributed by atoms with Crippen LogP contribution < -0.4 is 0 Å². The van der Waals surface area contributed by atoms with E-state index >= 15 is 0 Å². The number of alkyl halides is 3. The van der Waals surface area contributed by atoms with Gasteiger partial charge in [-0.3, -0.25) is 4.79 Å².